The van der Waals surface area contributed by atoms with Gasteiger partial charge in [-0.3, -0.25) is 0 Å². The van der Waals surface area contributed by atoms with Crippen LogP contribution in [-0.4, -0.2) is 164 Å². The molecule has 16 nitrogen and oxygen atoms in total. The Kier molecular flexibility index (Phi) is 12.4. The Labute approximate surface area is 358 Å². The highest BCUT2D eigenvalue weighted by atomic mass is 16.8. The molecule has 0 aromatic carbocycles. The van der Waals surface area contributed by atoms with E-state index in [1.807, 2.05) is 0 Å². The smallest absolute Gasteiger partial charge is 0.187 e. The van der Waals surface area contributed by atoms with Gasteiger partial charge in [0.15, 0.2) is 24.7 Å². The molecule has 4 aliphatic carbocycles. The van der Waals surface area contributed by atoms with Crippen LogP contribution in [0.4, 0.5) is 0 Å². The van der Waals surface area contributed by atoms with E-state index in [1.165, 1.54) is 32.3 Å². The fourth-order valence-electron chi connectivity index (χ4n) is 14.0. The maximum atomic E-state index is 11.4. The van der Waals surface area contributed by atoms with Gasteiger partial charge in [0.25, 0.3) is 0 Å². The molecule has 16 heteroatoms. The first-order valence-corrected chi connectivity index (χ1v) is 23.2. The molecular weight excluding hydrogens is 796 g/mol. The van der Waals surface area contributed by atoms with E-state index in [9.17, 15) is 40.9 Å². The third-order valence-electron chi connectivity index (χ3n) is 17.6. The highest BCUT2D eigenvalue weighted by Gasteiger charge is 2.69. The highest BCUT2D eigenvalue weighted by Crippen LogP contribution is 2.70. The summed E-state index contributed by atoms with van der Waals surface area (Å²) in [6.07, 6.45) is -9.98. The molecular formula is C45H72O16. The summed E-state index contributed by atoms with van der Waals surface area (Å²) in [4.78, 5) is 0. The fourth-order valence-corrected chi connectivity index (χ4v) is 14.0. The van der Waals surface area contributed by atoms with E-state index in [-0.39, 0.29) is 23.0 Å². The van der Waals surface area contributed by atoms with E-state index >= 15 is 0 Å². The monoisotopic (exact) mass is 868 g/mol. The summed E-state index contributed by atoms with van der Waals surface area (Å²) in [5, 5.41) is 86.3. The maximum Gasteiger partial charge on any atom is 0.187 e. The molecule has 3 saturated carbocycles. The van der Waals surface area contributed by atoms with Crippen LogP contribution in [0, 0.1) is 46.3 Å². The van der Waals surface area contributed by atoms with Crippen LogP contribution in [0.25, 0.3) is 0 Å². The van der Waals surface area contributed by atoms with Crippen LogP contribution in [0.2, 0.25) is 0 Å². The zero-order valence-electron chi connectivity index (χ0n) is 36.5. The van der Waals surface area contributed by atoms with Gasteiger partial charge in [-0.05, 0) is 106 Å². The predicted molar refractivity (Wildman–Crippen MR) is 213 cm³/mol. The first-order valence-electron chi connectivity index (χ1n) is 23.2. The predicted octanol–water partition coefficient (Wildman–Crippen LogP) is 1.24. The van der Waals surface area contributed by atoms with Crippen LogP contribution in [0.5, 0.6) is 0 Å². The molecule has 1 spiro atoms. The van der Waals surface area contributed by atoms with Crippen LogP contribution in [0.1, 0.15) is 99.3 Å². The minimum Gasteiger partial charge on any atom is -0.394 e. The third kappa shape index (κ3) is 7.42. The Bertz CT molecular complexity index is 1590. The molecule has 0 aromatic rings. The Balaban J connectivity index is 0.826. The van der Waals surface area contributed by atoms with Crippen molar-refractivity contribution in [1.29, 1.82) is 0 Å². The van der Waals surface area contributed by atoms with Gasteiger partial charge in [0.2, 0.25) is 0 Å². The zero-order valence-corrected chi connectivity index (χ0v) is 36.5. The molecule has 5 heterocycles. The van der Waals surface area contributed by atoms with Gasteiger partial charge in [0.05, 0.1) is 37.6 Å². The summed E-state index contributed by atoms with van der Waals surface area (Å²) < 4.78 is 49.0. The van der Waals surface area contributed by atoms with Crippen molar-refractivity contribution in [2.45, 2.75) is 209 Å². The summed E-state index contributed by atoms with van der Waals surface area (Å²) in [7, 11) is 0. The molecule has 26 atom stereocenters. The van der Waals surface area contributed by atoms with Crippen molar-refractivity contribution in [1.82, 2.24) is 0 Å². The summed E-state index contributed by atoms with van der Waals surface area (Å²) in [6, 6.07) is 0. The zero-order chi connectivity index (χ0) is 43.5. The molecule has 5 aliphatic heterocycles. The van der Waals surface area contributed by atoms with Crippen molar-refractivity contribution in [2.75, 3.05) is 13.2 Å². The molecule has 9 aliphatic rings. The van der Waals surface area contributed by atoms with Gasteiger partial charge in [0, 0.05) is 12.3 Å². The van der Waals surface area contributed by atoms with Crippen molar-refractivity contribution in [3.8, 4) is 0 Å². The first-order chi connectivity index (χ1) is 28.9. The van der Waals surface area contributed by atoms with E-state index in [4.69, 9.17) is 37.9 Å². The molecule has 9 rings (SSSR count). The number of rotatable bonds is 7. The number of aliphatic hydroxyl groups is 8. The summed E-state index contributed by atoms with van der Waals surface area (Å²) >= 11 is 0. The molecule has 0 aromatic heterocycles. The van der Waals surface area contributed by atoms with Crippen LogP contribution >= 0.6 is 0 Å². The number of ether oxygens (including phenoxy) is 8. The molecule has 0 radical (unpaired) electrons. The molecule has 0 amide bonds. The second-order valence-electron chi connectivity index (χ2n) is 21.1. The van der Waals surface area contributed by atoms with E-state index in [1.54, 1.807) is 0 Å². The standard InChI is InChI=1S/C45H72O16/c1-19-9-14-45(54-18-19)20(2)30-28(61-45)16-27-25-8-7-23-15-24(10-12-43(23,5)26(25)11-13-44(27,30)6)57-41-36(52)34(50)38(29(17-46)58-41)59-42-37(53)39(32(48)22(4)56-42)60-40-35(51)33(49)31(47)21(3)55-40/h7,19-22,24-42,46-53H,8-18H2,1-6H3/t19-,20+,21+,22+,24+,25-,26+,27+,28+,29-,30+,31+,32+,33-,34-,35-,36-,37-,38-,39-,40+,41-,42+,43+,44+,45-/m1/s1. The highest BCUT2D eigenvalue weighted by molar-refractivity contribution is 5.26. The van der Waals surface area contributed by atoms with E-state index < -0.39 is 105 Å². The van der Waals surface area contributed by atoms with Crippen LogP contribution < -0.4 is 0 Å². The van der Waals surface area contributed by atoms with Crippen molar-refractivity contribution >= 4 is 0 Å². The summed E-state index contributed by atoms with van der Waals surface area (Å²) in [5.41, 5.74) is 1.64. The normalized spacial score (nSPS) is 58.4. The minimum atomic E-state index is -1.73. The second kappa shape index (κ2) is 16.8. The molecule has 0 bridgehead atoms. The van der Waals surface area contributed by atoms with Crippen molar-refractivity contribution < 1.29 is 78.7 Å². The van der Waals surface area contributed by atoms with E-state index in [2.05, 4.69) is 33.8 Å². The lowest BCUT2D eigenvalue weighted by atomic mass is 9.47. The number of hydrogen-bond acceptors (Lipinski definition) is 16. The Morgan fingerprint density at radius 1 is 0.689 bits per heavy atom. The lowest BCUT2D eigenvalue weighted by Crippen LogP contribution is -2.66. The topological polar surface area (TPSA) is 236 Å². The van der Waals surface area contributed by atoms with Crippen molar-refractivity contribution in [3.63, 3.8) is 0 Å². The van der Waals surface area contributed by atoms with Crippen LogP contribution in [0.15, 0.2) is 11.6 Å². The third-order valence-corrected chi connectivity index (χ3v) is 17.6. The molecule has 8 fully saturated rings. The van der Waals surface area contributed by atoms with Crippen molar-refractivity contribution in [2.24, 2.45) is 46.3 Å². The minimum absolute atomic E-state index is 0.0316. The van der Waals surface area contributed by atoms with E-state index in [0.29, 0.717) is 41.9 Å². The van der Waals surface area contributed by atoms with Crippen LogP contribution in [0.3, 0.4) is 0 Å². The number of aliphatic hydroxyl groups excluding tert-OH is 8. The molecule has 8 N–H and O–H groups in total. The van der Waals surface area contributed by atoms with Gasteiger partial charge in [0.1, 0.15) is 61.0 Å². The molecule has 348 valence electrons. The van der Waals surface area contributed by atoms with Gasteiger partial charge < -0.3 is 78.7 Å². The Morgan fingerprint density at radius 2 is 1.36 bits per heavy atom. The largest absolute Gasteiger partial charge is 0.394 e. The number of fused-ring (bicyclic) bond motifs is 7. The summed E-state index contributed by atoms with van der Waals surface area (Å²) in [5.74, 6) is 2.80. The first kappa shape index (κ1) is 45.3. The van der Waals surface area contributed by atoms with Crippen molar-refractivity contribution in [3.05, 3.63) is 11.6 Å². The van der Waals surface area contributed by atoms with Gasteiger partial charge >= 0.3 is 0 Å². The van der Waals surface area contributed by atoms with E-state index in [0.717, 1.165) is 45.1 Å². The molecule has 61 heavy (non-hydrogen) atoms. The molecule has 5 saturated heterocycles. The Morgan fingerprint density at radius 3 is 2.07 bits per heavy atom. The second-order valence-corrected chi connectivity index (χ2v) is 21.1. The SMILES string of the molecule is C[C@@H]1CC[C@@]2(OC1)O[C@H]1C[C@H]3[C@@H]4CC=C5C[C@@H](O[C@@H]6O[C@H](CO)[C@@H](O[C@@H]7O[C@@H](C)[C@H](O)[C@@H](O[C@@H]8O[C@@H](C)[C@H](O)[C@@H](O)[C@H]8O)[C@H]7O)[C@H](O)[C@H]6O)CC[C@]5(C)[C@H]4CC[C@]3(C)[C@H]1[C@@H]2C. The lowest BCUT2D eigenvalue weighted by Gasteiger charge is -2.58. The Hall–Kier alpha value is -0.900. The summed E-state index contributed by atoms with van der Waals surface area (Å²) in [6.45, 7) is 12.8. The lowest BCUT2D eigenvalue weighted by molar-refractivity contribution is -0.378. The average molecular weight is 869 g/mol. The maximum absolute atomic E-state index is 11.4. The number of allylic oxidation sites excluding steroid dienone is 1. The van der Waals surface area contributed by atoms with Gasteiger partial charge in [-0.1, -0.05) is 39.3 Å². The fraction of sp³-hybridized carbons (Fsp3) is 0.956. The van der Waals surface area contributed by atoms with Gasteiger partial charge in [-0.15, -0.1) is 0 Å². The quantitative estimate of drug-likeness (QED) is 0.168. The van der Waals surface area contributed by atoms with Gasteiger partial charge in [-0.2, -0.15) is 0 Å². The average Bonchev–Trinajstić information content (AvgIpc) is 3.68. The van der Waals surface area contributed by atoms with Crippen LogP contribution in [-0.2, 0) is 37.9 Å². The number of hydrogen-bond donors (Lipinski definition) is 8. The van der Waals surface area contributed by atoms with Gasteiger partial charge in [-0.25, -0.2) is 0 Å². The molecule has 0 unspecified atom stereocenters.